The fourth-order valence-corrected chi connectivity index (χ4v) is 6.61. The summed E-state index contributed by atoms with van der Waals surface area (Å²) in [6.45, 7) is 5.04. The molecule has 3 aliphatic rings. The number of anilines is 1. The molecule has 272 valence electrons. The van der Waals surface area contributed by atoms with Gasteiger partial charge in [-0.1, -0.05) is 18.1 Å². The average molecular weight is 704 g/mol. The van der Waals surface area contributed by atoms with Gasteiger partial charge in [-0.15, -0.1) is 0 Å². The topological polar surface area (TPSA) is 159 Å². The van der Waals surface area contributed by atoms with Gasteiger partial charge in [0.1, 0.15) is 30.2 Å². The molecule has 1 saturated heterocycles. The van der Waals surface area contributed by atoms with E-state index in [0.717, 1.165) is 12.8 Å². The number of rotatable bonds is 12. The van der Waals surface area contributed by atoms with Crippen LogP contribution in [-0.4, -0.2) is 102 Å². The molecule has 16 heteroatoms. The van der Waals surface area contributed by atoms with Crippen LogP contribution in [0.4, 0.5) is 18.9 Å². The second-order valence-corrected chi connectivity index (χ2v) is 13.5. The van der Waals surface area contributed by atoms with Gasteiger partial charge in [0.15, 0.2) is 5.69 Å². The van der Waals surface area contributed by atoms with Crippen molar-refractivity contribution in [3.8, 4) is 0 Å². The van der Waals surface area contributed by atoms with E-state index >= 15 is 4.39 Å². The lowest BCUT2D eigenvalue weighted by Gasteiger charge is -2.40. The zero-order valence-corrected chi connectivity index (χ0v) is 28.6. The normalized spacial score (nSPS) is 21.6. The summed E-state index contributed by atoms with van der Waals surface area (Å²) in [5.74, 6) is -4.18. The average Bonchev–Trinajstić information content (AvgIpc) is 3.82. The summed E-state index contributed by atoms with van der Waals surface area (Å²) in [6, 6.07) is 1.99. The van der Waals surface area contributed by atoms with E-state index in [1.807, 2.05) is 14.0 Å². The number of piperazine rings is 1. The zero-order chi connectivity index (χ0) is 36.1. The molecule has 3 fully saturated rings. The molecule has 1 aromatic carbocycles. The molecule has 2 aliphatic carbocycles. The Morgan fingerprint density at radius 2 is 1.78 bits per heavy atom. The molecule has 4 atom stereocenters. The number of benzene rings is 1. The third-order valence-corrected chi connectivity index (χ3v) is 10.0. The number of aromatic nitrogens is 2. The maximum atomic E-state index is 15.7. The van der Waals surface area contributed by atoms with Gasteiger partial charge in [-0.3, -0.25) is 19.2 Å². The fraction of sp³-hybridized carbons (Fsp3) is 0.588. The molecule has 1 aliphatic heterocycles. The van der Waals surface area contributed by atoms with E-state index in [2.05, 4.69) is 31.2 Å². The Morgan fingerprint density at radius 3 is 2.40 bits per heavy atom. The lowest BCUT2D eigenvalue weighted by Crippen LogP contribution is -2.58. The highest BCUT2D eigenvalue weighted by Crippen LogP contribution is 2.40. The Labute approximate surface area is 288 Å². The SMILES string of the molecule is COCC(=O)N[C@@H](C(=O)N1CCN(C)[C@H](C)C1)[C@@H](C)c1ccc(NC(=O)C(NC(=O)c2nonc2C2CC2)C2CCC(=C(F)F)CC2)c(F)c1. The molecular formula is C34H44F3N7O6. The second-order valence-electron chi connectivity index (χ2n) is 13.5. The summed E-state index contributed by atoms with van der Waals surface area (Å²) in [5, 5.41) is 15.5. The predicted molar refractivity (Wildman–Crippen MR) is 175 cm³/mol. The lowest BCUT2D eigenvalue weighted by molar-refractivity contribution is -0.140. The Bertz CT molecular complexity index is 1600. The Balaban J connectivity index is 1.34. The van der Waals surface area contributed by atoms with Crippen LogP contribution in [0.1, 0.15) is 86.0 Å². The summed E-state index contributed by atoms with van der Waals surface area (Å²) < 4.78 is 52.0. The molecule has 4 amide bonds. The van der Waals surface area contributed by atoms with Gasteiger partial charge in [0.05, 0.1) is 5.69 Å². The summed E-state index contributed by atoms with van der Waals surface area (Å²) in [7, 11) is 3.34. The summed E-state index contributed by atoms with van der Waals surface area (Å²) >= 11 is 0. The summed E-state index contributed by atoms with van der Waals surface area (Å²) in [5.41, 5.74) is 0.570. The Hall–Kier alpha value is -4.31. The van der Waals surface area contributed by atoms with Crippen molar-refractivity contribution < 1.29 is 41.7 Å². The number of ether oxygens (including phenoxy) is 1. The van der Waals surface area contributed by atoms with E-state index in [-0.39, 0.29) is 67.1 Å². The van der Waals surface area contributed by atoms with Gasteiger partial charge in [-0.25, -0.2) is 9.02 Å². The van der Waals surface area contributed by atoms with Crippen LogP contribution < -0.4 is 16.0 Å². The summed E-state index contributed by atoms with van der Waals surface area (Å²) in [6.07, 6.45) is 0.415. The molecular weight excluding hydrogens is 659 g/mol. The number of nitrogens with one attached hydrogen (secondary N) is 3. The molecule has 50 heavy (non-hydrogen) atoms. The van der Waals surface area contributed by atoms with Crippen LogP contribution in [0, 0.1) is 11.7 Å². The largest absolute Gasteiger partial charge is 0.375 e. The van der Waals surface area contributed by atoms with Crippen LogP contribution in [0.3, 0.4) is 0 Å². The molecule has 0 spiro atoms. The molecule has 2 saturated carbocycles. The van der Waals surface area contributed by atoms with Crippen LogP contribution in [-0.2, 0) is 19.1 Å². The number of amides is 4. The van der Waals surface area contributed by atoms with Crippen molar-refractivity contribution in [3.05, 3.63) is 52.6 Å². The summed E-state index contributed by atoms with van der Waals surface area (Å²) in [4.78, 5) is 57.1. The minimum atomic E-state index is -1.74. The number of carbonyl (C=O) groups excluding carboxylic acids is 4. The van der Waals surface area contributed by atoms with Gasteiger partial charge in [0.2, 0.25) is 17.7 Å². The lowest BCUT2D eigenvalue weighted by atomic mass is 9.81. The van der Waals surface area contributed by atoms with Crippen molar-refractivity contribution in [2.24, 2.45) is 5.92 Å². The van der Waals surface area contributed by atoms with Crippen molar-refractivity contribution in [1.29, 1.82) is 0 Å². The Kier molecular flexibility index (Phi) is 11.9. The standard InChI is InChI=1S/C34H44F3N7O6/c1-18-16-44(14-13-43(18)3)34(48)27(39-26(45)17-49-4)19(2)23-11-12-25(24(35)15-23)38-32(46)29(21-7-9-22(10-8-21)31(36)37)40-33(47)30-28(20-5-6-20)41-50-42-30/h11-12,15,18-21,27,29H,5-10,13-14,16-17H2,1-4H3,(H,38,46)(H,39,45)(H,40,47)/t18-,19+,27-,29?/m1/s1. The molecule has 0 bridgehead atoms. The van der Waals surface area contributed by atoms with Crippen molar-refractivity contribution in [1.82, 2.24) is 30.7 Å². The van der Waals surface area contributed by atoms with Crippen LogP contribution in [0.25, 0.3) is 0 Å². The van der Waals surface area contributed by atoms with E-state index in [9.17, 15) is 28.0 Å². The quantitative estimate of drug-likeness (QED) is 0.301. The van der Waals surface area contributed by atoms with Crippen LogP contribution in [0.15, 0.2) is 34.5 Å². The van der Waals surface area contributed by atoms with Crippen LogP contribution in [0.2, 0.25) is 0 Å². The smallest absolute Gasteiger partial charge is 0.276 e. The number of allylic oxidation sites excluding steroid dienone is 1. The molecule has 2 heterocycles. The monoisotopic (exact) mass is 703 g/mol. The molecule has 5 rings (SSSR count). The van der Waals surface area contributed by atoms with Gasteiger partial charge in [0.25, 0.3) is 12.0 Å². The van der Waals surface area contributed by atoms with Crippen molar-refractivity contribution in [3.63, 3.8) is 0 Å². The van der Waals surface area contributed by atoms with Gasteiger partial charge >= 0.3 is 0 Å². The number of likely N-dealkylation sites (N-methyl/N-ethyl adjacent to an activating group) is 1. The maximum absolute atomic E-state index is 15.7. The van der Waals surface area contributed by atoms with Crippen LogP contribution >= 0.6 is 0 Å². The van der Waals surface area contributed by atoms with Crippen molar-refractivity contribution in [2.75, 3.05) is 45.7 Å². The van der Waals surface area contributed by atoms with Gasteiger partial charge < -0.3 is 30.5 Å². The molecule has 1 unspecified atom stereocenters. The molecule has 2 aromatic rings. The molecule has 0 radical (unpaired) electrons. The van der Waals surface area contributed by atoms with E-state index in [1.54, 1.807) is 17.9 Å². The minimum absolute atomic E-state index is 0.0107. The van der Waals surface area contributed by atoms with E-state index in [1.165, 1.54) is 19.2 Å². The van der Waals surface area contributed by atoms with E-state index in [0.29, 0.717) is 30.9 Å². The highest BCUT2D eigenvalue weighted by atomic mass is 19.3. The first-order chi connectivity index (χ1) is 23.9. The molecule has 13 nitrogen and oxygen atoms in total. The number of carbonyl (C=O) groups is 4. The number of methoxy groups -OCH3 is 1. The predicted octanol–water partition coefficient (Wildman–Crippen LogP) is 3.56. The highest BCUT2D eigenvalue weighted by Gasteiger charge is 2.38. The first kappa shape index (κ1) is 37.0. The Morgan fingerprint density at radius 1 is 1.06 bits per heavy atom. The van der Waals surface area contributed by atoms with E-state index < -0.39 is 53.5 Å². The molecule has 1 aromatic heterocycles. The number of hydrogen-bond donors (Lipinski definition) is 3. The molecule has 3 N–H and O–H groups in total. The third-order valence-electron chi connectivity index (χ3n) is 10.0. The van der Waals surface area contributed by atoms with Crippen molar-refractivity contribution in [2.45, 2.75) is 82.3 Å². The number of nitrogens with zero attached hydrogens (tertiary/aromatic N) is 4. The maximum Gasteiger partial charge on any atom is 0.276 e. The van der Waals surface area contributed by atoms with Crippen LogP contribution in [0.5, 0.6) is 0 Å². The van der Waals surface area contributed by atoms with Gasteiger partial charge in [-0.05, 0) is 86.8 Å². The fourth-order valence-electron chi connectivity index (χ4n) is 6.61. The first-order valence-electron chi connectivity index (χ1n) is 16.9. The van der Waals surface area contributed by atoms with E-state index in [4.69, 9.17) is 9.37 Å². The minimum Gasteiger partial charge on any atom is -0.375 e. The second kappa shape index (κ2) is 16.1. The third kappa shape index (κ3) is 8.70. The highest BCUT2D eigenvalue weighted by molar-refractivity contribution is 6.01. The zero-order valence-electron chi connectivity index (χ0n) is 28.6. The van der Waals surface area contributed by atoms with Gasteiger partial charge in [-0.2, -0.15) is 8.78 Å². The number of hydrogen-bond acceptors (Lipinski definition) is 9. The first-order valence-corrected chi connectivity index (χ1v) is 16.9. The number of halogens is 3. The van der Waals surface area contributed by atoms with Gasteiger partial charge in [0, 0.05) is 44.6 Å². The van der Waals surface area contributed by atoms with Crippen molar-refractivity contribution >= 4 is 29.3 Å².